The second kappa shape index (κ2) is 6.01. The Balaban J connectivity index is 1.86. The molecule has 0 bridgehead atoms. The molecule has 0 radical (unpaired) electrons. The molecule has 1 heterocycles. The molecule has 0 spiro atoms. The first-order valence-electron chi connectivity index (χ1n) is 6.54. The van der Waals surface area contributed by atoms with Gasteiger partial charge in [0.1, 0.15) is 6.10 Å². The first-order valence-corrected chi connectivity index (χ1v) is 6.54. The van der Waals surface area contributed by atoms with Gasteiger partial charge in [0.25, 0.3) is 0 Å². The van der Waals surface area contributed by atoms with Crippen LogP contribution in [0.5, 0.6) is 5.88 Å². The molecule has 1 aromatic heterocycles. The molecule has 1 aromatic rings. The topological polar surface area (TPSA) is 34.1 Å². The number of hydrogen-bond acceptors (Lipinski definition) is 3. The van der Waals surface area contributed by atoms with Crippen LogP contribution >= 0.6 is 0 Å². The number of ether oxygens (including phenoxy) is 1. The Bertz CT molecular complexity index is 329. The molecule has 0 aromatic carbocycles. The Labute approximate surface area is 104 Å². The quantitative estimate of drug-likeness (QED) is 0.870. The molecule has 0 atom stereocenters. The fraction of sp³-hybridized carbons (Fsp3) is 0.643. The van der Waals surface area contributed by atoms with Gasteiger partial charge in [0, 0.05) is 18.8 Å². The summed E-state index contributed by atoms with van der Waals surface area (Å²) in [7, 11) is 1.94. The summed E-state index contributed by atoms with van der Waals surface area (Å²) < 4.78 is 5.91. The summed E-state index contributed by atoms with van der Waals surface area (Å²) in [6.07, 6.45) is 7.15. The highest BCUT2D eigenvalue weighted by molar-refractivity contribution is 5.17. The van der Waals surface area contributed by atoms with Gasteiger partial charge < -0.3 is 10.1 Å². The zero-order valence-corrected chi connectivity index (χ0v) is 10.8. The van der Waals surface area contributed by atoms with Gasteiger partial charge in [-0.2, -0.15) is 0 Å². The van der Waals surface area contributed by atoms with Gasteiger partial charge in [-0.3, -0.25) is 0 Å². The maximum Gasteiger partial charge on any atom is 0.213 e. The number of nitrogens with zero attached hydrogens (tertiary/aromatic N) is 1. The fourth-order valence-electron chi connectivity index (χ4n) is 2.31. The Hall–Kier alpha value is -1.09. The van der Waals surface area contributed by atoms with Crippen molar-refractivity contribution in [2.75, 3.05) is 7.05 Å². The summed E-state index contributed by atoms with van der Waals surface area (Å²) >= 11 is 0. The van der Waals surface area contributed by atoms with E-state index in [1.807, 2.05) is 19.3 Å². The molecular weight excluding hydrogens is 212 g/mol. The van der Waals surface area contributed by atoms with Crippen LogP contribution in [0.25, 0.3) is 0 Å². The largest absolute Gasteiger partial charge is 0.474 e. The van der Waals surface area contributed by atoms with Crippen LogP contribution in [0, 0.1) is 5.92 Å². The SMILES string of the molecule is CNCc1ccc(OC2CCC(C)CC2)nc1. The standard InChI is InChI=1S/C14H22N2O/c1-11-3-6-13(7-4-11)17-14-8-5-12(9-15-2)10-16-14/h5,8,10-11,13,15H,3-4,6-7,9H2,1-2H3. The molecule has 0 aliphatic heterocycles. The number of nitrogens with one attached hydrogen (secondary N) is 1. The predicted molar refractivity (Wildman–Crippen MR) is 69.0 cm³/mol. The first-order chi connectivity index (χ1) is 8.28. The molecule has 1 aliphatic carbocycles. The highest BCUT2D eigenvalue weighted by Gasteiger charge is 2.19. The predicted octanol–water partition coefficient (Wildman–Crippen LogP) is 2.76. The van der Waals surface area contributed by atoms with Crippen molar-refractivity contribution in [2.45, 2.75) is 45.3 Å². The van der Waals surface area contributed by atoms with E-state index in [0.717, 1.165) is 18.3 Å². The molecule has 1 saturated carbocycles. The molecule has 17 heavy (non-hydrogen) atoms. The maximum atomic E-state index is 5.91. The second-order valence-electron chi connectivity index (χ2n) is 5.03. The molecule has 0 amide bonds. The average molecular weight is 234 g/mol. The van der Waals surface area contributed by atoms with Gasteiger partial charge in [0.2, 0.25) is 5.88 Å². The second-order valence-corrected chi connectivity index (χ2v) is 5.03. The summed E-state index contributed by atoms with van der Waals surface area (Å²) in [6, 6.07) is 4.05. The van der Waals surface area contributed by atoms with Crippen LogP contribution in [0.15, 0.2) is 18.3 Å². The Morgan fingerprint density at radius 1 is 1.29 bits per heavy atom. The minimum Gasteiger partial charge on any atom is -0.474 e. The highest BCUT2D eigenvalue weighted by atomic mass is 16.5. The van der Waals surface area contributed by atoms with Crippen molar-refractivity contribution in [3.05, 3.63) is 23.9 Å². The average Bonchev–Trinajstić information content (AvgIpc) is 2.35. The third kappa shape index (κ3) is 3.70. The van der Waals surface area contributed by atoms with Crippen molar-refractivity contribution in [2.24, 2.45) is 5.92 Å². The van der Waals surface area contributed by atoms with Crippen molar-refractivity contribution in [1.29, 1.82) is 0 Å². The number of pyridine rings is 1. The van der Waals surface area contributed by atoms with Crippen molar-refractivity contribution in [1.82, 2.24) is 10.3 Å². The van der Waals surface area contributed by atoms with E-state index < -0.39 is 0 Å². The lowest BCUT2D eigenvalue weighted by atomic mass is 9.89. The summed E-state index contributed by atoms with van der Waals surface area (Å²) in [5.74, 6) is 1.63. The lowest BCUT2D eigenvalue weighted by Crippen LogP contribution is -2.23. The van der Waals surface area contributed by atoms with Gasteiger partial charge in [0.05, 0.1) is 0 Å². The van der Waals surface area contributed by atoms with Crippen LogP contribution in [0.2, 0.25) is 0 Å². The van der Waals surface area contributed by atoms with E-state index in [-0.39, 0.29) is 0 Å². The summed E-state index contributed by atoms with van der Waals surface area (Å²) in [5, 5.41) is 3.11. The van der Waals surface area contributed by atoms with Gasteiger partial charge in [-0.05, 0) is 44.2 Å². The molecule has 1 N–H and O–H groups in total. The van der Waals surface area contributed by atoms with E-state index in [2.05, 4.69) is 23.3 Å². The number of rotatable bonds is 4. The maximum absolute atomic E-state index is 5.91. The van der Waals surface area contributed by atoms with E-state index in [1.165, 1.54) is 31.2 Å². The van der Waals surface area contributed by atoms with Gasteiger partial charge in [-0.15, -0.1) is 0 Å². The minimum absolute atomic E-state index is 0.369. The van der Waals surface area contributed by atoms with Gasteiger partial charge in [-0.1, -0.05) is 13.0 Å². The van der Waals surface area contributed by atoms with Crippen molar-refractivity contribution < 1.29 is 4.74 Å². The molecule has 94 valence electrons. The zero-order chi connectivity index (χ0) is 12.1. The van der Waals surface area contributed by atoms with Crippen LogP contribution in [-0.2, 0) is 6.54 Å². The van der Waals surface area contributed by atoms with Crippen molar-refractivity contribution >= 4 is 0 Å². The fourth-order valence-corrected chi connectivity index (χ4v) is 2.31. The summed E-state index contributed by atoms with van der Waals surface area (Å²) in [4.78, 5) is 4.35. The van der Waals surface area contributed by atoms with Gasteiger partial charge in [0.15, 0.2) is 0 Å². The molecule has 0 unspecified atom stereocenters. The summed E-state index contributed by atoms with van der Waals surface area (Å²) in [6.45, 7) is 3.18. The Kier molecular flexibility index (Phi) is 4.37. The first kappa shape index (κ1) is 12.4. The summed E-state index contributed by atoms with van der Waals surface area (Å²) in [5.41, 5.74) is 1.19. The zero-order valence-electron chi connectivity index (χ0n) is 10.8. The van der Waals surface area contributed by atoms with E-state index in [4.69, 9.17) is 4.74 Å². The molecular formula is C14H22N2O. The van der Waals surface area contributed by atoms with E-state index in [0.29, 0.717) is 6.10 Å². The molecule has 1 aliphatic rings. The van der Waals surface area contributed by atoms with Crippen molar-refractivity contribution in [3.63, 3.8) is 0 Å². The van der Waals surface area contributed by atoms with Crippen molar-refractivity contribution in [3.8, 4) is 5.88 Å². The van der Waals surface area contributed by atoms with E-state index in [1.54, 1.807) is 0 Å². The third-order valence-corrected chi connectivity index (χ3v) is 3.43. The lowest BCUT2D eigenvalue weighted by molar-refractivity contribution is 0.130. The molecule has 3 heteroatoms. The normalized spacial score (nSPS) is 24.6. The van der Waals surface area contributed by atoms with Crippen LogP contribution in [0.3, 0.4) is 0 Å². The van der Waals surface area contributed by atoms with Gasteiger partial charge in [-0.25, -0.2) is 4.98 Å². The lowest BCUT2D eigenvalue weighted by Gasteiger charge is -2.26. The third-order valence-electron chi connectivity index (χ3n) is 3.43. The molecule has 1 fully saturated rings. The molecule has 2 rings (SSSR count). The number of hydrogen-bond donors (Lipinski definition) is 1. The number of aromatic nitrogens is 1. The van der Waals surface area contributed by atoms with Crippen LogP contribution in [-0.4, -0.2) is 18.1 Å². The van der Waals surface area contributed by atoms with Crippen LogP contribution in [0.4, 0.5) is 0 Å². The monoisotopic (exact) mass is 234 g/mol. The van der Waals surface area contributed by atoms with Crippen LogP contribution < -0.4 is 10.1 Å². The smallest absolute Gasteiger partial charge is 0.213 e. The molecule has 0 saturated heterocycles. The Morgan fingerprint density at radius 3 is 2.65 bits per heavy atom. The van der Waals surface area contributed by atoms with E-state index in [9.17, 15) is 0 Å². The van der Waals surface area contributed by atoms with Crippen LogP contribution in [0.1, 0.15) is 38.2 Å². The Morgan fingerprint density at radius 2 is 2.06 bits per heavy atom. The highest BCUT2D eigenvalue weighted by Crippen LogP contribution is 2.26. The minimum atomic E-state index is 0.369. The van der Waals surface area contributed by atoms with Gasteiger partial charge >= 0.3 is 0 Å². The molecule has 3 nitrogen and oxygen atoms in total. The van der Waals surface area contributed by atoms with E-state index >= 15 is 0 Å².